The maximum Gasteiger partial charge on any atom is 0.161 e. The van der Waals surface area contributed by atoms with E-state index in [2.05, 4.69) is 43.1 Å². The smallest absolute Gasteiger partial charge is 0.161 e. The highest BCUT2D eigenvalue weighted by atomic mass is 16.5. The van der Waals surface area contributed by atoms with Crippen LogP contribution in [0.3, 0.4) is 0 Å². The normalized spacial score (nSPS) is 11.0. The summed E-state index contributed by atoms with van der Waals surface area (Å²) in [5.74, 6) is 1.68. The molecular weight excluding hydrogens is 300 g/mol. The minimum Gasteiger partial charge on any atom is -0.493 e. The molecule has 0 bridgehead atoms. The van der Waals surface area contributed by atoms with E-state index in [1.165, 1.54) is 24.8 Å². The number of methoxy groups -OCH3 is 1. The summed E-state index contributed by atoms with van der Waals surface area (Å²) >= 11 is 0. The van der Waals surface area contributed by atoms with Crippen molar-refractivity contribution in [1.29, 1.82) is 0 Å². The zero-order valence-electron chi connectivity index (χ0n) is 16.1. The van der Waals surface area contributed by atoms with Crippen molar-refractivity contribution >= 4 is 0 Å². The van der Waals surface area contributed by atoms with Crippen molar-refractivity contribution < 1.29 is 9.47 Å². The number of nitrogens with zero attached hydrogens (tertiary/aromatic N) is 1. The summed E-state index contributed by atoms with van der Waals surface area (Å²) in [6.07, 6.45) is 4.86. The topological polar surface area (TPSA) is 33.7 Å². The molecule has 1 aromatic carbocycles. The predicted molar refractivity (Wildman–Crippen MR) is 102 cm³/mol. The van der Waals surface area contributed by atoms with Crippen molar-refractivity contribution in [3.63, 3.8) is 0 Å². The second kappa shape index (κ2) is 13.1. The van der Waals surface area contributed by atoms with E-state index in [0.717, 1.165) is 57.3 Å². The molecule has 0 aliphatic heterocycles. The van der Waals surface area contributed by atoms with Gasteiger partial charge in [-0.3, -0.25) is 0 Å². The standard InChI is InChI=1S/C20H36N2O2/c1-5-8-9-10-15-24-19-12-11-18(16-20(19)23-4)17-21-13-14-22(6-2)7-3/h11-12,16,21H,5-10,13-15,17H2,1-4H3. The molecule has 1 rings (SSSR count). The monoisotopic (exact) mass is 336 g/mol. The molecule has 0 aromatic heterocycles. The number of hydrogen-bond acceptors (Lipinski definition) is 4. The third-order valence-corrected chi connectivity index (χ3v) is 4.31. The lowest BCUT2D eigenvalue weighted by Crippen LogP contribution is -2.31. The van der Waals surface area contributed by atoms with Crippen LogP contribution in [0.2, 0.25) is 0 Å². The molecule has 0 heterocycles. The Labute approximate surface area is 148 Å². The fraction of sp³-hybridized carbons (Fsp3) is 0.700. The van der Waals surface area contributed by atoms with Crippen LogP contribution < -0.4 is 14.8 Å². The van der Waals surface area contributed by atoms with Gasteiger partial charge in [-0.25, -0.2) is 0 Å². The van der Waals surface area contributed by atoms with Gasteiger partial charge in [0.15, 0.2) is 11.5 Å². The molecule has 4 nitrogen and oxygen atoms in total. The molecule has 0 unspecified atom stereocenters. The molecule has 0 spiro atoms. The quantitative estimate of drug-likeness (QED) is 0.519. The highest BCUT2D eigenvalue weighted by Gasteiger charge is 2.06. The zero-order chi connectivity index (χ0) is 17.6. The van der Waals surface area contributed by atoms with Gasteiger partial charge in [0, 0.05) is 19.6 Å². The summed E-state index contributed by atoms with van der Waals surface area (Å²) in [7, 11) is 1.71. The van der Waals surface area contributed by atoms with Crippen LogP contribution in [-0.2, 0) is 6.54 Å². The largest absolute Gasteiger partial charge is 0.493 e. The first-order valence-electron chi connectivity index (χ1n) is 9.47. The van der Waals surface area contributed by atoms with Gasteiger partial charge in [0.05, 0.1) is 13.7 Å². The number of rotatable bonds is 14. The van der Waals surface area contributed by atoms with Gasteiger partial charge in [-0.15, -0.1) is 0 Å². The van der Waals surface area contributed by atoms with Crippen LogP contribution in [-0.4, -0.2) is 44.8 Å². The van der Waals surface area contributed by atoms with Gasteiger partial charge in [0.25, 0.3) is 0 Å². The Morgan fingerprint density at radius 3 is 2.46 bits per heavy atom. The number of likely N-dealkylation sites (N-methyl/N-ethyl adjacent to an activating group) is 1. The highest BCUT2D eigenvalue weighted by Crippen LogP contribution is 2.28. The Bertz CT molecular complexity index is 434. The maximum atomic E-state index is 5.86. The van der Waals surface area contributed by atoms with Gasteiger partial charge in [-0.2, -0.15) is 0 Å². The number of ether oxygens (including phenoxy) is 2. The fourth-order valence-corrected chi connectivity index (χ4v) is 2.66. The van der Waals surface area contributed by atoms with Crippen LogP contribution in [0.4, 0.5) is 0 Å². The van der Waals surface area contributed by atoms with Crippen molar-refractivity contribution in [2.45, 2.75) is 53.0 Å². The van der Waals surface area contributed by atoms with Crippen LogP contribution in [0, 0.1) is 0 Å². The summed E-state index contributed by atoms with van der Waals surface area (Å²) in [6.45, 7) is 12.5. The SMILES string of the molecule is CCCCCCOc1ccc(CNCCN(CC)CC)cc1OC. The molecule has 0 fully saturated rings. The average Bonchev–Trinajstić information content (AvgIpc) is 2.62. The molecule has 0 saturated heterocycles. The summed E-state index contributed by atoms with van der Waals surface area (Å²) in [5.41, 5.74) is 1.23. The lowest BCUT2D eigenvalue weighted by Gasteiger charge is -2.18. The van der Waals surface area contributed by atoms with E-state index >= 15 is 0 Å². The van der Waals surface area contributed by atoms with Gasteiger partial charge in [-0.05, 0) is 37.2 Å². The molecular formula is C20H36N2O2. The Hall–Kier alpha value is -1.26. The molecule has 0 saturated carbocycles. The van der Waals surface area contributed by atoms with E-state index < -0.39 is 0 Å². The first-order chi connectivity index (χ1) is 11.7. The number of unbranched alkanes of at least 4 members (excludes halogenated alkanes) is 3. The molecule has 1 aromatic rings. The lowest BCUT2D eigenvalue weighted by molar-refractivity contribution is 0.285. The van der Waals surface area contributed by atoms with Crippen LogP contribution in [0.1, 0.15) is 52.0 Å². The second-order valence-corrected chi connectivity index (χ2v) is 6.10. The maximum absolute atomic E-state index is 5.86. The minimum absolute atomic E-state index is 0.762. The van der Waals surface area contributed by atoms with Gasteiger partial charge in [-0.1, -0.05) is 46.1 Å². The zero-order valence-corrected chi connectivity index (χ0v) is 16.1. The first kappa shape index (κ1) is 20.8. The molecule has 1 N–H and O–H groups in total. The van der Waals surface area contributed by atoms with E-state index in [-0.39, 0.29) is 0 Å². The number of hydrogen-bond donors (Lipinski definition) is 1. The Morgan fingerprint density at radius 2 is 1.79 bits per heavy atom. The van der Waals surface area contributed by atoms with Crippen molar-refractivity contribution in [3.05, 3.63) is 23.8 Å². The van der Waals surface area contributed by atoms with Crippen molar-refractivity contribution in [2.75, 3.05) is 39.9 Å². The first-order valence-corrected chi connectivity index (χ1v) is 9.47. The third kappa shape index (κ3) is 8.02. The summed E-state index contributed by atoms with van der Waals surface area (Å²) in [4.78, 5) is 2.42. The van der Waals surface area contributed by atoms with Crippen LogP contribution in [0.25, 0.3) is 0 Å². The molecule has 138 valence electrons. The molecule has 0 aliphatic rings. The summed E-state index contributed by atoms with van der Waals surface area (Å²) in [5, 5.41) is 3.50. The van der Waals surface area contributed by atoms with Crippen LogP contribution >= 0.6 is 0 Å². The molecule has 0 atom stereocenters. The second-order valence-electron chi connectivity index (χ2n) is 6.10. The fourth-order valence-electron chi connectivity index (χ4n) is 2.66. The number of nitrogens with one attached hydrogen (secondary N) is 1. The highest BCUT2D eigenvalue weighted by molar-refractivity contribution is 5.42. The van der Waals surface area contributed by atoms with E-state index in [9.17, 15) is 0 Å². The van der Waals surface area contributed by atoms with Crippen LogP contribution in [0.15, 0.2) is 18.2 Å². The Morgan fingerprint density at radius 1 is 1.00 bits per heavy atom. The molecule has 0 radical (unpaired) electrons. The van der Waals surface area contributed by atoms with Gasteiger partial charge < -0.3 is 19.7 Å². The van der Waals surface area contributed by atoms with E-state index in [0.29, 0.717) is 0 Å². The summed E-state index contributed by atoms with van der Waals surface area (Å²) in [6, 6.07) is 6.22. The summed E-state index contributed by atoms with van der Waals surface area (Å²) < 4.78 is 11.3. The van der Waals surface area contributed by atoms with Crippen molar-refractivity contribution in [3.8, 4) is 11.5 Å². The Balaban J connectivity index is 2.39. The van der Waals surface area contributed by atoms with E-state index in [1.807, 2.05) is 6.07 Å². The minimum atomic E-state index is 0.762. The molecule has 4 heteroatoms. The van der Waals surface area contributed by atoms with E-state index in [1.54, 1.807) is 7.11 Å². The van der Waals surface area contributed by atoms with Crippen molar-refractivity contribution in [1.82, 2.24) is 10.2 Å². The Kier molecular flexibility index (Phi) is 11.3. The molecule has 24 heavy (non-hydrogen) atoms. The third-order valence-electron chi connectivity index (χ3n) is 4.31. The average molecular weight is 337 g/mol. The number of benzene rings is 1. The van der Waals surface area contributed by atoms with Gasteiger partial charge in [0.2, 0.25) is 0 Å². The molecule has 0 amide bonds. The van der Waals surface area contributed by atoms with Gasteiger partial charge >= 0.3 is 0 Å². The predicted octanol–water partition coefficient (Wildman–Crippen LogP) is 4.09. The van der Waals surface area contributed by atoms with Crippen molar-refractivity contribution in [2.24, 2.45) is 0 Å². The van der Waals surface area contributed by atoms with Gasteiger partial charge in [0.1, 0.15) is 0 Å². The van der Waals surface area contributed by atoms with Crippen LogP contribution in [0.5, 0.6) is 11.5 Å². The lowest BCUT2D eigenvalue weighted by atomic mass is 10.2. The molecule has 0 aliphatic carbocycles. The van der Waals surface area contributed by atoms with E-state index in [4.69, 9.17) is 9.47 Å².